The molecule has 0 spiro atoms. The van der Waals surface area contributed by atoms with Gasteiger partial charge in [0, 0.05) is 17.1 Å². The molecule has 2 aromatic rings. The molecule has 1 aromatic heterocycles. The lowest BCUT2D eigenvalue weighted by Gasteiger charge is -2.02. The molecular weight excluding hydrogens is 188 g/mol. The van der Waals surface area contributed by atoms with Crippen LogP contribution in [0.2, 0.25) is 0 Å². The first-order valence-corrected chi connectivity index (χ1v) is 4.91. The van der Waals surface area contributed by atoms with Crippen LogP contribution in [0.1, 0.15) is 18.9 Å². The van der Waals surface area contributed by atoms with Gasteiger partial charge in [-0.05, 0) is 24.6 Å². The van der Waals surface area contributed by atoms with Crippen molar-refractivity contribution in [2.24, 2.45) is 5.16 Å². The van der Waals surface area contributed by atoms with E-state index in [0.717, 1.165) is 16.5 Å². The minimum Gasteiger partial charge on any atom is -0.411 e. The summed E-state index contributed by atoms with van der Waals surface area (Å²) < 4.78 is 0. The molecule has 0 atom stereocenters. The standard InChI is InChI=1S/C12H12N2O/c1-2-11(14-15)10-5-6-12-9(8-10)4-3-7-13-12/h3-8,15H,2H2,1H3. The van der Waals surface area contributed by atoms with Gasteiger partial charge in [0.1, 0.15) is 0 Å². The van der Waals surface area contributed by atoms with Crippen LogP contribution in [0, 0.1) is 0 Å². The molecule has 0 aliphatic heterocycles. The van der Waals surface area contributed by atoms with E-state index in [4.69, 9.17) is 5.21 Å². The molecule has 2 rings (SSSR count). The number of pyridine rings is 1. The van der Waals surface area contributed by atoms with Crippen LogP contribution in [0.25, 0.3) is 10.9 Å². The van der Waals surface area contributed by atoms with Crippen molar-refractivity contribution in [2.75, 3.05) is 0 Å². The quantitative estimate of drug-likeness (QED) is 0.460. The molecule has 0 fully saturated rings. The second-order valence-electron chi connectivity index (χ2n) is 3.31. The summed E-state index contributed by atoms with van der Waals surface area (Å²) in [5, 5.41) is 13.2. The van der Waals surface area contributed by atoms with Crippen molar-refractivity contribution in [3.8, 4) is 0 Å². The van der Waals surface area contributed by atoms with Crippen LogP contribution in [0.15, 0.2) is 41.7 Å². The van der Waals surface area contributed by atoms with Gasteiger partial charge in [-0.15, -0.1) is 0 Å². The van der Waals surface area contributed by atoms with Gasteiger partial charge in [-0.1, -0.05) is 24.2 Å². The molecule has 15 heavy (non-hydrogen) atoms. The zero-order valence-electron chi connectivity index (χ0n) is 8.51. The third-order valence-corrected chi connectivity index (χ3v) is 2.39. The minimum atomic E-state index is 0.695. The van der Waals surface area contributed by atoms with E-state index in [9.17, 15) is 0 Å². The summed E-state index contributed by atoms with van der Waals surface area (Å²) in [6, 6.07) is 9.74. The highest BCUT2D eigenvalue weighted by Gasteiger charge is 2.02. The molecule has 1 aromatic carbocycles. The van der Waals surface area contributed by atoms with Crippen molar-refractivity contribution in [1.29, 1.82) is 0 Å². The summed E-state index contributed by atoms with van der Waals surface area (Å²) >= 11 is 0. The first-order valence-electron chi connectivity index (χ1n) is 4.91. The highest BCUT2D eigenvalue weighted by atomic mass is 16.4. The maximum Gasteiger partial charge on any atom is 0.0865 e. The monoisotopic (exact) mass is 200 g/mol. The van der Waals surface area contributed by atoms with Crippen LogP contribution in [-0.4, -0.2) is 15.9 Å². The third-order valence-electron chi connectivity index (χ3n) is 2.39. The molecule has 3 nitrogen and oxygen atoms in total. The molecule has 1 N–H and O–H groups in total. The van der Waals surface area contributed by atoms with Gasteiger partial charge in [-0.3, -0.25) is 4.98 Å². The van der Waals surface area contributed by atoms with Crippen molar-refractivity contribution >= 4 is 16.6 Å². The molecule has 3 heteroatoms. The number of hydrogen-bond donors (Lipinski definition) is 1. The Hall–Kier alpha value is -1.90. The van der Waals surface area contributed by atoms with E-state index in [0.29, 0.717) is 12.1 Å². The Morgan fingerprint density at radius 3 is 3.00 bits per heavy atom. The number of aromatic nitrogens is 1. The van der Waals surface area contributed by atoms with Gasteiger partial charge in [0.15, 0.2) is 0 Å². The van der Waals surface area contributed by atoms with Crippen molar-refractivity contribution in [1.82, 2.24) is 4.98 Å². The van der Waals surface area contributed by atoms with E-state index >= 15 is 0 Å². The maximum absolute atomic E-state index is 8.82. The maximum atomic E-state index is 8.82. The predicted octanol–water partition coefficient (Wildman–Crippen LogP) is 2.82. The second-order valence-corrected chi connectivity index (χ2v) is 3.31. The zero-order valence-corrected chi connectivity index (χ0v) is 8.51. The fourth-order valence-corrected chi connectivity index (χ4v) is 1.59. The lowest BCUT2D eigenvalue weighted by atomic mass is 10.1. The Labute approximate surface area is 88.1 Å². The lowest BCUT2D eigenvalue weighted by Crippen LogP contribution is -1.98. The lowest BCUT2D eigenvalue weighted by molar-refractivity contribution is 0.318. The number of oxime groups is 1. The topological polar surface area (TPSA) is 45.5 Å². The molecule has 0 saturated carbocycles. The number of benzene rings is 1. The van der Waals surface area contributed by atoms with Crippen molar-refractivity contribution in [3.63, 3.8) is 0 Å². The fraction of sp³-hybridized carbons (Fsp3) is 0.167. The Balaban J connectivity index is 2.56. The predicted molar refractivity (Wildman–Crippen MR) is 60.4 cm³/mol. The molecule has 0 unspecified atom stereocenters. The van der Waals surface area contributed by atoms with Crippen molar-refractivity contribution in [3.05, 3.63) is 42.1 Å². The summed E-state index contributed by atoms with van der Waals surface area (Å²) in [5.74, 6) is 0. The van der Waals surface area contributed by atoms with E-state index in [1.54, 1.807) is 6.20 Å². The van der Waals surface area contributed by atoms with Gasteiger partial charge >= 0.3 is 0 Å². The Bertz CT molecular complexity index is 506. The van der Waals surface area contributed by atoms with E-state index < -0.39 is 0 Å². The average Bonchev–Trinajstić information content (AvgIpc) is 2.30. The molecule has 0 radical (unpaired) electrons. The summed E-state index contributed by atoms with van der Waals surface area (Å²) in [6.07, 6.45) is 2.48. The smallest absolute Gasteiger partial charge is 0.0865 e. The van der Waals surface area contributed by atoms with Crippen molar-refractivity contribution in [2.45, 2.75) is 13.3 Å². The summed E-state index contributed by atoms with van der Waals surface area (Å²) in [6.45, 7) is 1.96. The molecule has 0 aliphatic rings. The Morgan fingerprint density at radius 2 is 2.27 bits per heavy atom. The van der Waals surface area contributed by atoms with Crippen LogP contribution in [0.3, 0.4) is 0 Å². The number of hydrogen-bond acceptors (Lipinski definition) is 3. The minimum absolute atomic E-state index is 0.695. The molecule has 1 heterocycles. The van der Waals surface area contributed by atoms with Gasteiger partial charge in [0.25, 0.3) is 0 Å². The average molecular weight is 200 g/mol. The van der Waals surface area contributed by atoms with Crippen LogP contribution in [0.5, 0.6) is 0 Å². The van der Waals surface area contributed by atoms with Gasteiger partial charge in [-0.2, -0.15) is 0 Å². The van der Waals surface area contributed by atoms with Crippen LogP contribution >= 0.6 is 0 Å². The largest absolute Gasteiger partial charge is 0.411 e. The molecular formula is C12H12N2O. The SMILES string of the molecule is CCC(=NO)c1ccc2ncccc2c1. The first kappa shape index (κ1) is 9.65. The van der Waals surface area contributed by atoms with Gasteiger partial charge in [0.05, 0.1) is 11.2 Å². The highest BCUT2D eigenvalue weighted by Crippen LogP contribution is 2.14. The van der Waals surface area contributed by atoms with Crippen molar-refractivity contribution < 1.29 is 5.21 Å². The fourth-order valence-electron chi connectivity index (χ4n) is 1.59. The second kappa shape index (κ2) is 4.09. The van der Waals surface area contributed by atoms with Crippen LogP contribution in [-0.2, 0) is 0 Å². The Kier molecular flexibility index (Phi) is 2.63. The van der Waals surface area contributed by atoms with Gasteiger partial charge in [-0.25, -0.2) is 0 Å². The van der Waals surface area contributed by atoms with E-state index in [1.165, 1.54) is 0 Å². The molecule has 0 amide bonds. The molecule has 0 bridgehead atoms. The number of rotatable bonds is 2. The van der Waals surface area contributed by atoms with Gasteiger partial charge in [0.2, 0.25) is 0 Å². The van der Waals surface area contributed by atoms with Crippen LogP contribution in [0.4, 0.5) is 0 Å². The number of fused-ring (bicyclic) bond motifs is 1. The van der Waals surface area contributed by atoms with E-state index in [2.05, 4.69) is 10.1 Å². The zero-order chi connectivity index (χ0) is 10.7. The molecule has 0 aliphatic carbocycles. The van der Waals surface area contributed by atoms with E-state index in [1.807, 2.05) is 37.3 Å². The van der Waals surface area contributed by atoms with E-state index in [-0.39, 0.29) is 0 Å². The van der Waals surface area contributed by atoms with Gasteiger partial charge < -0.3 is 5.21 Å². The number of nitrogens with zero attached hydrogens (tertiary/aromatic N) is 2. The third kappa shape index (κ3) is 1.81. The summed E-state index contributed by atoms with van der Waals surface area (Å²) in [5.41, 5.74) is 2.59. The molecule has 76 valence electrons. The Morgan fingerprint density at radius 1 is 1.40 bits per heavy atom. The normalized spacial score (nSPS) is 11.9. The highest BCUT2D eigenvalue weighted by molar-refractivity contribution is 6.02. The summed E-state index contributed by atoms with van der Waals surface area (Å²) in [4.78, 5) is 4.23. The van der Waals surface area contributed by atoms with Crippen LogP contribution < -0.4 is 0 Å². The first-order chi connectivity index (χ1) is 7.35. The summed E-state index contributed by atoms with van der Waals surface area (Å²) in [7, 11) is 0. The molecule has 0 saturated heterocycles.